The molecule has 1 aliphatic carbocycles. The Kier molecular flexibility index (Phi) is 4.79. The third-order valence-corrected chi connectivity index (χ3v) is 4.07. The van der Waals surface area contributed by atoms with Crippen LogP contribution < -0.4 is 5.73 Å². The average molecular weight is 242 g/mol. The first-order chi connectivity index (χ1) is 8.22. The van der Waals surface area contributed by atoms with Gasteiger partial charge in [-0.2, -0.15) is 0 Å². The standard InChI is InChI=1S/C13H26N2O2/c1-10-8-15(9-13(7-14)17-10)11-4-3-5-12(6-11)16-2/h10-13H,3-9,14H2,1-2H3. The van der Waals surface area contributed by atoms with Gasteiger partial charge in [0.05, 0.1) is 18.3 Å². The number of morpholine rings is 1. The summed E-state index contributed by atoms with van der Waals surface area (Å²) < 4.78 is 11.3. The molecule has 0 radical (unpaired) electrons. The van der Waals surface area contributed by atoms with Crippen LogP contribution in [0.4, 0.5) is 0 Å². The predicted octanol–water partition coefficient (Wildman–Crippen LogP) is 0.992. The van der Waals surface area contributed by atoms with Crippen LogP contribution in [0, 0.1) is 0 Å². The van der Waals surface area contributed by atoms with E-state index in [2.05, 4.69) is 11.8 Å². The minimum Gasteiger partial charge on any atom is -0.381 e. The highest BCUT2D eigenvalue weighted by molar-refractivity contribution is 4.86. The van der Waals surface area contributed by atoms with Gasteiger partial charge in [-0.25, -0.2) is 0 Å². The van der Waals surface area contributed by atoms with Crippen molar-refractivity contribution in [1.29, 1.82) is 0 Å². The Morgan fingerprint density at radius 2 is 2.18 bits per heavy atom. The maximum Gasteiger partial charge on any atom is 0.0828 e. The molecule has 0 aromatic carbocycles. The summed E-state index contributed by atoms with van der Waals surface area (Å²) in [6, 6.07) is 0.661. The highest BCUT2D eigenvalue weighted by Crippen LogP contribution is 2.27. The molecular weight excluding hydrogens is 216 g/mol. The van der Waals surface area contributed by atoms with Crippen LogP contribution in [-0.2, 0) is 9.47 Å². The first-order valence-electron chi connectivity index (χ1n) is 6.85. The lowest BCUT2D eigenvalue weighted by Crippen LogP contribution is -2.54. The second kappa shape index (κ2) is 6.14. The van der Waals surface area contributed by atoms with E-state index in [1.54, 1.807) is 0 Å². The average Bonchev–Trinajstić information content (AvgIpc) is 2.38. The molecule has 4 atom stereocenters. The fraction of sp³-hybridized carbons (Fsp3) is 1.00. The molecule has 2 rings (SSSR count). The van der Waals surface area contributed by atoms with Crippen LogP contribution in [0.25, 0.3) is 0 Å². The van der Waals surface area contributed by atoms with E-state index in [1.807, 2.05) is 7.11 Å². The van der Waals surface area contributed by atoms with Crippen molar-refractivity contribution in [2.45, 2.75) is 57.0 Å². The molecule has 4 nitrogen and oxygen atoms in total. The van der Waals surface area contributed by atoms with Crippen molar-refractivity contribution in [2.24, 2.45) is 5.73 Å². The number of ether oxygens (including phenoxy) is 2. The second-order valence-corrected chi connectivity index (χ2v) is 5.44. The lowest BCUT2D eigenvalue weighted by molar-refractivity contribution is -0.0947. The van der Waals surface area contributed by atoms with E-state index in [0.717, 1.165) is 13.1 Å². The molecule has 1 saturated heterocycles. The molecule has 4 heteroatoms. The van der Waals surface area contributed by atoms with Crippen LogP contribution in [0.3, 0.4) is 0 Å². The lowest BCUT2D eigenvalue weighted by atomic mass is 9.91. The number of hydrogen-bond donors (Lipinski definition) is 1. The molecule has 2 fully saturated rings. The number of methoxy groups -OCH3 is 1. The van der Waals surface area contributed by atoms with Gasteiger partial charge >= 0.3 is 0 Å². The Morgan fingerprint density at radius 1 is 1.35 bits per heavy atom. The number of rotatable bonds is 3. The summed E-state index contributed by atoms with van der Waals surface area (Å²) in [6.45, 7) is 4.80. The van der Waals surface area contributed by atoms with E-state index >= 15 is 0 Å². The molecule has 17 heavy (non-hydrogen) atoms. The fourth-order valence-electron chi connectivity index (χ4n) is 3.18. The smallest absolute Gasteiger partial charge is 0.0828 e. The minimum atomic E-state index is 0.210. The quantitative estimate of drug-likeness (QED) is 0.802. The maximum absolute atomic E-state index is 5.81. The van der Waals surface area contributed by atoms with Gasteiger partial charge in [-0.3, -0.25) is 4.90 Å². The van der Waals surface area contributed by atoms with Crippen LogP contribution >= 0.6 is 0 Å². The van der Waals surface area contributed by atoms with Crippen molar-refractivity contribution in [1.82, 2.24) is 4.90 Å². The number of hydrogen-bond acceptors (Lipinski definition) is 4. The normalized spacial score (nSPS) is 40.4. The molecule has 2 aliphatic rings. The van der Waals surface area contributed by atoms with Gasteiger partial charge in [0.25, 0.3) is 0 Å². The van der Waals surface area contributed by atoms with Crippen LogP contribution in [0.1, 0.15) is 32.6 Å². The van der Waals surface area contributed by atoms with Crippen LogP contribution in [0.2, 0.25) is 0 Å². The van der Waals surface area contributed by atoms with E-state index in [1.165, 1.54) is 25.7 Å². The van der Waals surface area contributed by atoms with E-state index in [4.69, 9.17) is 15.2 Å². The topological polar surface area (TPSA) is 47.7 Å². The maximum atomic E-state index is 5.81. The Labute approximate surface area is 104 Å². The van der Waals surface area contributed by atoms with Gasteiger partial charge in [0.1, 0.15) is 0 Å². The summed E-state index contributed by atoms with van der Waals surface area (Å²) in [4.78, 5) is 2.57. The van der Waals surface area contributed by atoms with Gasteiger partial charge in [-0.05, 0) is 32.6 Å². The van der Waals surface area contributed by atoms with Crippen molar-refractivity contribution >= 4 is 0 Å². The van der Waals surface area contributed by atoms with E-state index in [0.29, 0.717) is 24.8 Å². The molecular formula is C13H26N2O2. The Balaban J connectivity index is 1.91. The Bertz CT molecular complexity index is 237. The monoisotopic (exact) mass is 242 g/mol. The summed E-state index contributed by atoms with van der Waals surface area (Å²) in [7, 11) is 1.83. The second-order valence-electron chi connectivity index (χ2n) is 5.44. The molecule has 2 N–H and O–H groups in total. The molecule has 1 aliphatic heterocycles. The number of nitrogens with zero attached hydrogens (tertiary/aromatic N) is 1. The van der Waals surface area contributed by atoms with E-state index in [-0.39, 0.29) is 6.10 Å². The zero-order valence-corrected chi connectivity index (χ0v) is 11.1. The molecule has 0 bridgehead atoms. The summed E-state index contributed by atoms with van der Waals surface area (Å²) >= 11 is 0. The van der Waals surface area contributed by atoms with Gasteiger partial charge in [0, 0.05) is 32.8 Å². The zero-order chi connectivity index (χ0) is 12.3. The molecule has 1 heterocycles. The largest absolute Gasteiger partial charge is 0.381 e. The lowest BCUT2D eigenvalue weighted by Gasteiger charge is -2.43. The summed E-state index contributed by atoms with van der Waals surface area (Å²) in [5.41, 5.74) is 5.73. The summed E-state index contributed by atoms with van der Waals surface area (Å²) in [6.07, 6.45) is 5.92. The van der Waals surface area contributed by atoms with Crippen molar-refractivity contribution in [2.75, 3.05) is 26.7 Å². The first kappa shape index (κ1) is 13.3. The van der Waals surface area contributed by atoms with Gasteiger partial charge in [-0.1, -0.05) is 0 Å². The van der Waals surface area contributed by atoms with Crippen LogP contribution in [-0.4, -0.2) is 56.0 Å². The van der Waals surface area contributed by atoms with Crippen LogP contribution in [0.5, 0.6) is 0 Å². The van der Waals surface area contributed by atoms with Crippen LogP contribution in [0.15, 0.2) is 0 Å². The van der Waals surface area contributed by atoms with Gasteiger partial charge in [0.15, 0.2) is 0 Å². The van der Waals surface area contributed by atoms with Crippen molar-refractivity contribution in [3.63, 3.8) is 0 Å². The van der Waals surface area contributed by atoms with E-state index in [9.17, 15) is 0 Å². The van der Waals surface area contributed by atoms with Crippen molar-refractivity contribution in [3.05, 3.63) is 0 Å². The van der Waals surface area contributed by atoms with Gasteiger partial charge in [-0.15, -0.1) is 0 Å². The number of nitrogens with two attached hydrogens (primary N) is 1. The van der Waals surface area contributed by atoms with Crippen molar-refractivity contribution in [3.8, 4) is 0 Å². The van der Waals surface area contributed by atoms with Gasteiger partial charge in [0.2, 0.25) is 0 Å². The molecule has 0 amide bonds. The van der Waals surface area contributed by atoms with Gasteiger partial charge < -0.3 is 15.2 Å². The zero-order valence-electron chi connectivity index (χ0n) is 11.1. The van der Waals surface area contributed by atoms with E-state index < -0.39 is 0 Å². The third kappa shape index (κ3) is 3.41. The molecule has 0 aromatic heterocycles. The minimum absolute atomic E-state index is 0.210. The Morgan fingerprint density at radius 3 is 2.88 bits per heavy atom. The summed E-state index contributed by atoms with van der Waals surface area (Å²) in [5.74, 6) is 0. The fourth-order valence-corrected chi connectivity index (χ4v) is 3.18. The molecule has 0 spiro atoms. The third-order valence-electron chi connectivity index (χ3n) is 4.07. The SMILES string of the molecule is COC1CCCC(N2CC(C)OC(CN)C2)C1. The molecule has 4 unspecified atom stereocenters. The molecule has 0 aromatic rings. The Hall–Kier alpha value is -0.160. The highest BCUT2D eigenvalue weighted by Gasteiger charge is 2.32. The first-order valence-corrected chi connectivity index (χ1v) is 6.85. The predicted molar refractivity (Wildman–Crippen MR) is 68.0 cm³/mol. The highest BCUT2D eigenvalue weighted by atomic mass is 16.5. The summed E-state index contributed by atoms with van der Waals surface area (Å²) in [5, 5.41) is 0. The van der Waals surface area contributed by atoms with Crippen molar-refractivity contribution < 1.29 is 9.47 Å². The molecule has 1 saturated carbocycles. The molecule has 100 valence electrons.